The fourth-order valence-electron chi connectivity index (χ4n) is 5.18. The molecule has 5 rings (SSSR count). The van der Waals surface area contributed by atoms with Crippen molar-refractivity contribution in [1.82, 2.24) is 20.2 Å². The van der Waals surface area contributed by atoms with Gasteiger partial charge in [-0.3, -0.25) is 9.59 Å². The predicted octanol–water partition coefficient (Wildman–Crippen LogP) is -0.563. The number of carbonyl (C=O) groups is 2. The van der Waals surface area contributed by atoms with Crippen molar-refractivity contribution in [3.8, 4) is 0 Å². The van der Waals surface area contributed by atoms with Crippen LogP contribution in [0, 0.1) is 11.8 Å². The molecule has 4 atom stereocenters. The van der Waals surface area contributed by atoms with Crippen LogP contribution in [0.5, 0.6) is 0 Å². The lowest BCUT2D eigenvalue weighted by atomic mass is 9.73. The van der Waals surface area contributed by atoms with Gasteiger partial charge in [0.1, 0.15) is 0 Å². The number of amides is 2. The van der Waals surface area contributed by atoms with Crippen LogP contribution in [0.4, 0.5) is 0 Å². The van der Waals surface area contributed by atoms with E-state index in [1.54, 1.807) is 11.0 Å². The minimum absolute atomic E-state index is 0.0147. The maximum absolute atomic E-state index is 13.0. The van der Waals surface area contributed by atoms with Gasteiger partial charge in [0.2, 0.25) is 11.8 Å². The van der Waals surface area contributed by atoms with Crippen LogP contribution in [-0.4, -0.2) is 58.0 Å². The number of imidazole rings is 1. The first-order chi connectivity index (χ1) is 13.5. The third-order valence-electron chi connectivity index (χ3n) is 6.35. The highest BCUT2D eigenvalue weighted by Gasteiger charge is 2.68. The molecule has 3 aliphatic heterocycles. The zero-order chi connectivity index (χ0) is 19.5. The van der Waals surface area contributed by atoms with Crippen molar-refractivity contribution in [3.05, 3.63) is 34.2 Å². The van der Waals surface area contributed by atoms with Crippen molar-refractivity contribution in [2.45, 2.75) is 31.1 Å². The van der Waals surface area contributed by atoms with E-state index in [0.29, 0.717) is 31.7 Å². The average molecular weight is 385 g/mol. The van der Waals surface area contributed by atoms with Crippen LogP contribution in [0.1, 0.15) is 18.4 Å². The normalized spacial score (nSPS) is 31.0. The van der Waals surface area contributed by atoms with Crippen LogP contribution < -0.4 is 16.7 Å². The summed E-state index contributed by atoms with van der Waals surface area (Å²) in [6.45, 7) is 1.75. The van der Waals surface area contributed by atoms with E-state index in [-0.39, 0.29) is 23.6 Å². The van der Waals surface area contributed by atoms with Crippen LogP contribution >= 0.6 is 0 Å². The van der Waals surface area contributed by atoms with Crippen LogP contribution in [0.25, 0.3) is 11.0 Å². The number of hydrogen-bond acceptors (Lipinski definition) is 5. The van der Waals surface area contributed by atoms with Gasteiger partial charge in [0.05, 0.1) is 41.1 Å². The van der Waals surface area contributed by atoms with Gasteiger partial charge < -0.3 is 30.7 Å². The smallest absolute Gasteiger partial charge is 0.323 e. The molecule has 0 aliphatic carbocycles. The lowest BCUT2D eigenvalue weighted by Gasteiger charge is -2.27. The highest BCUT2D eigenvalue weighted by atomic mass is 16.5. The molecule has 3 aliphatic rings. The maximum Gasteiger partial charge on any atom is 0.323 e. The number of aromatic nitrogens is 2. The molecule has 148 valence electrons. The van der Waals surface area contributed by atoms with Crippen molar-refractivity contribution >= 4 is 22.8 Å². The van der Waals surface area contributed by atoms with E-state index in [4.69, 9.17) is 10.5 Å². The van der Waals surface area contributed by atoms with E-state index in [1.165, 1.54) is 0 Å². The molecule has 0 unspecified atom stereocenters. The van der Waals surface area contributed by atoms with E-state index < -0.39 is 17.4 Å². The van der Waals surface area contributed by atoms with Crippen LogP contribution in [0.15, 0.2) is 23.0 Å². The molecule has 0 radical (unpaired) electrons. The molecule has 9 nitrogen and oxygen atoms in total. The quantitative estimate of drug-likeness (QED) is 0.547. The minimum Gasteiger partial charge on any atom is -0.368 e. The number of benzene rings is 1. The highest BCUT2D eigenvalue weighted by Crippen LogP contribution is 2.55. The molecule has 2 aromatic rings. The molecule has 1 aromatic heterocycles. The van der Waals surface area contributed by atoms with Crippen molar-refractivity contribution < 1.29 is 14.3 Å². The van der Waals surface area contributed by atoms with Gasteiger partial charge in [0.15, 0.2) is 0 Å². The Morgan fingerprint density at radius 2 is 2.14 bits per heavy atom. The number of fused-ring (bicyclic) bond motifs is 2. The van der Waals surface area contributed by atoms with E-state index in [2.05, 4.69) is 15.3 Å². The summed E-state index contributed by atoms with van der Waals surface area (Å²) in [4.78, 5) is 44.4. The summed E-state index contributed by atoms with van der Waals surface area (Å²) in [5, 5.41) is 2.96. The van der Waals surface area contributed by atoms with Crippen LogP contribution in [0.2, 0.25) is 0 Å². The molecule has 5 N–H and O–H groups in total. The Kier molecular flexibility index (Phi) is 3.85. The first-order valence-corrected chi connectivity index (χ1v) is 9.66. The maximum atomic E-state index is 13.0. The molecular weight excluding hydrogens is 362 g/mol. The molecule has 4 heterocycles. The second-order valence-corrected chi connectivity index (χ2v) is 7.99. The van der Waals surface area contributed by atoms with Gasteiger partial charge in [-0.25, -0.2) is 4.79 Å². The molecule has 1 spiro atoms. The Bertz CT molecular complexity index is 1010. The van der Waals surface area contributed by atoms with Gasteiger partial charge in [-0.15, -0.1) is 0 Å². The summed E-state index contributed by atoms with van der Waals surface area (Å²) in [6, 6.07) is 5.49. The Morgan fingerprint density at radius 3 is 2.96 bits per heavy atom. The molecule has 9 heteroatoms. The third-order valence-corrected chi connectivity index (χ3v) is 6.35. The number of rotatable bonds is 5. The Balaban J connectivity index is 1.32. The summed E-state index contributed by atoms with van der Waals surface area (Å²) in [5.41, 5.74) is 7.13. The van der Waals surface area contributed by atoms with Crippen LogP contribution in [-0.2, 0) is 20.9 Å². The minimum atomic E-state index is -0.525. The average Bonchev–Trinajstić information content (AvgIpc) is 3.39. The second kappa shape index (κ2) is 6.18. The van der Waals surface area contributed by atoms with Crippen molar-refractivity contribution in [2.24, 2.45) is 17.6 Å². The first kappa shape index (κ1) is 17.4. The van der Waals surface area contributed by atoms with E-state index in [1.807, 2.05) is 12.1 Å². The summed E-state index contributed by atoms with van der Waals surface area (Å²) < 4.78 is 6.17. The summed E-state index contributed by atoms with van der Waals surface area (Å²) in [7, 11) is 0. The lowest BCUT2D eigenvalue weighted by Crippen LogP contribution is -2.45. The fraction of sp³-hybridized carbons (Fsp3) is 0.526. The summed E-state index contributed by atoms with van der Waals surface area (Å²) in [6.07, 6.45) is 1.42. The fourth-order valence-corrected chi connectivity index (χ4v) is 5.18. The van der Waals surface area contributed by atoms with Crippen LogP contribution in [0.3, 0.4) is 0 Å². The highest BCUT2D eigenvalue weighted by molar-refractivity contribution is 5.92. The molecular formula is C19H23N5O4. The number of aromatic amines is 2. The van der Waals surface area contributed by atoms with Gasteiger partial charge in [0.25, 0.3) is 0 Å². The van der Waals surface area contributed by atoms with Crippen molar-refractivity contribution in [1.29, 1.82) is 0 Å². The van der Waals surface area contributed by atoms with Crippen molar-refractivity contribution in [3.63, 3.8) is 0 Å². The Hall–Kier alpha value is -2.65. The lowest BCUT2D eigenvalue weighted by molar-refractivity contribution is -0.138. The number of ether oxygens (including phenoxy) is 1. The second-order valence-electron chi connectivity index (χ2n) is 7.99. The topological polar surface area (TPSA) is 133 Å². The summed E-state index contributed by atoms with van der Waals surface area (Å²) >= 11 is 0. The largest absolute Gasteiger partial charge is 0.368 e. The number of nitrogens with one attached hydrogen (secondary N) is 3. The summed E-state index contributed by atoms with van der Waals surface area (Å²) in [5.74, 6) is -1.04. The molecule has 3 saturated heterocycles. The molecule has 3 fully saturated rings. The predicted molar refractivity (Wildman–Crippen MR) is 100 cm³/mol. The van der Waals surface area contributed by atoms with Gasteiger partial charge >= 0.3 is 5.69 Å². The van der Waals surface area contributed by atoms with Gasteiger partial charge in [-0.05, 0) is 30.5 Å². The molecule has 1 aromatic carbocycles. The molecule has 0 saturated carbocycles. The molecule has 28 heavy (non-hydrogen) atoms. The third kappa shape index (κ3) is 2.50. The molecule has 2 amide bonds. The number of hydrogen-bond donors (Lipinski definition) is 4. The number of likely N-dealkylation sites (tertiary alicyclic amines) is 1. The number of H-pyrrole nitrogens is 2. The van der Waals surface area contributed by atoms with E-state index in [0.717, 1.165) is 23.9 Å². The number of nitrogens with two attached hydrogens (primary N) is 1. The SMILES string of the molecule is NCCN1C[C@]23CC[C@H](O2)[C@H](C(=O)NCc2ccc4[nH]c(=O)[nH]c4c2)[C@@H]3C1=O. The number of nitrogens with zero attached hydrogens (tertiary/aromatic N) is 1. The van der Waals surface area contributed by atoms with Gasteiger partial charge in [0, 0.05) is 19.6 Å². The standard InChI is InChI=1S/C19H23N5O4/c20-5-6-24-9-19-4-3-13(28-19)14(15(19)17(24)26)16(25)21-8-10-1-2-11-12(7-10)23-18(27)22-11/h1-2,7,13-15H,3-6,8-9,20H2,(H,21,25)(H2,22,23,27)/t13-,14-,15+,19-/m0/s1. The number of carbonyl (C=O) groups excluding carboxylic acids is 2. The van der Waals surface area contributed by atoms with E-state index >= 15 is 0 Å². The van der Waals surface area contributed by atoms with Gasteiger partial charge in [-0.2, -0.15) is 0 Å². The Labute approximate surface area is 160 Å². The Morgan fingerprint density at radius 1 is 1.32 bits per heavy atom. The van der Waals surface area contributed by atoms with Crippen molar-refractivity contribution in [2.75, 3.05) is 19.6 Å². The zero-order valence-electron chi connectivity index (χ0n) is 15.4. The van der Waals surface area contributed by atoms with Gasteiger partial charge in [-0.1, -0.05) is 6.07 Å². The first-order valence-electron chi connectivity index (χ1n) is 9.66. The monoisotopic (exact) mass is 385 g/mol. The molecule has 2 bridgehead atoms. The van der Waals surface area contributed by atoms with E-state index in [9.17, 15) is 14.4 Å². The zero-order valence-corrected chi connectivity index (χ0v) is 15.4.